The quantitative estimate of drug-likeness (QED) is 0.349. The molecular formula is C27H27N. The molecule has 0 N–H and O–H groups in total. The van der Waals surface area contributed by atoms with Gasteiger partial charge in [-0.2, -0.15) is 0 Å². The molecule has 0 radical (unpaired) electrons. The van der Waals surface area contributed by atoms with E-state index in [9.17, 15) is 0 Å². The van der Waals surface area contributed by atoms with Crippen LogP contribution in [0.5, 0.6) is 0 Å². The van der Waals surface area contributed by atoms with Crippen molar-refractivity contribution in [1.29, 1.82) is 0 Å². The molecule has 4 aromatic rings. The maximum Gasteiger partial charge on any atom is 0.0562 e. The second-order valence-corrected chi connectivity index (χ2v) is 7.38. The molecule has 0 saturated carbocycles. The van der Waals surface area contributed by atoms with Gasteiger partial charge < -0.3 is 4.57 Å². The van der Waals surface area contributed by atoms with Gasteiger partial charge in [-0.15, -0.1) is 0 Å². The van der Waals surface area contributed by atoms with Crippen molar-refractivity contribution in [2.75, 3.05) is 0 Å². The highest BCUT2D eigenvalue weighted by atomic mass is 15.0. The lowest BCUT2D eigenvalue weighted by Gasteiger charge is -2.12. The second kappa shape index (κ2) is 8.31. The normalized spacial score (nSPS) is 10.9. The predicted octanol–water partition coefficient (Wildman–Crippen LogP) is 6.94. The summed E-state index contributed by atoms with van der Waals surface area (Å²) in [5, 5.41) is 0. The Hall–Kier alpha value is -3.06. The summed E-state index contributed by atoms with van der Waals surface area (Å²) in [7, 11) is 0. The summed E-state index contributed by atoms with van der Waals surface area (Å²) in [5.74, 6) is 0. The SMILES string of the molecule is CCn1cc(CCc2ccccc2)c(-c2ccccc2)c1-c1ccc(C)cc1. The van der Waals surface area contributed by atoms with E-state index < -0.39 is 0 Å². The van der Waals surface area contributed by atoms with Crippen molar-refractivity contribution in [3.05, 3.63) is 108 Å². The van der Waals surface area contributed by atoms with Gasteiger partial charge in [0.2, 0.25) is 0 Å². The van der Waals surface area contributed by atoms with E-state index in [1.165, 1.54) is 39.1 Å². The molecule has 28 heavy (non-hydrogen) atoms. The Morgan fingerprint density at radius 2 is 1.32 bits per heavy atom. The molecule has 0 fully saturated rings. The van der Waals surface area contributed by atoms with Gasteiger partial charge in [-0.3, -0.25) is 0 Å². The van der Waals surface area contributed by atoms with E-state index in [-0.39, 0.29) is 0 Å². The van der Waals surface area contributed by atoms with Crippen LogP contribution in [0.15, 0.2) is 91.1 Å². The minimum Gasteiger partial charge on any atom is -0.347 e. The lowest BCUT2D eigenvalue weighted by atomic mass is 9.94. The summed E-state index contributed by atoms with van der Waals surface area (Å²) < 4.78 is 2.41. The van der Waals surface area contributed by atoms with Gasteiger partial charge in [-0.1, -0.05) is 90.5 Å². The van der Waals surface area contributed by atoms with Crippen LogP contribution in [0.3, 0.4) is 0 Å². The second-order valence-electron chi connectivity index (χ2n) is 7.38. The maximum absolute atomic E-state index is 2.41. The number of aryl methyl sites for hydroxylation is 4. The largest absolute Gasteiger partial charge is 0.347 e. The van der Waals surface area contributed by atoms with Gasteiger partial charge in [0, 0.05) is 18.3 Å². The topological polar surface area (TPSA) is 4.93 Å². The van der Waals surface area contributed by atoms with Crippen molar-refractivity contribution >= 4 is 0 Å². The van der Waals surface area contributed by atoms with E-state index in [4.69, 9.17) is 0 Å². The number of hydrogen-bond acceptors (Lipinski definition) is 0. The highest BCUT2D eigenvalue weighted by Crippen LogP contribution is 2.37. The Labute approximate surface area is 168 Å². The number of benzene rings is 3. The molecule has 1 aromatic heterocycles. The molecule has 140 valence electrons. The van der Waals surface area contributed by atoms with Crippen molar-refractivity contribution in [2.45, 2.75) is 33.2 Å². The maximum atomic E-state index is 2.41. The number of aromatic nitrogens is 1. The van der Waals surface area contributed by atoms with E-state index in [0.29, 0.717) is 0 Å². The fraction of sp³-hybridized carbons (Fsp3) is 0.185. The van der Waals surface area contributed by atoms with Crippen molar-refractivity contribution in [3.8, 4) is 22.4 Å². The molecule has 0 spiro atoms. The number of rotatable bonds is 6. The molecule has 0 atom stereocenters. The highest BCUT2D eigenvalue weighted by molar-refractivity contribution is 5.84. The van der Waals surface area contributed by atoms with Crippen molar-refractivity contribution in [1.82, 2.24) is 4.57 Å². The molecule has 0 amide bonds. The lowest BCUT2D eigenvalue weighted by Crippen LogP contribution is -1.96. The summed E-state index contributed by atoms with van der Waals surface area (Å²) in [6, 6.07) is 30.5. The fourth-order valence-electron chi connectivity index (χ4n) is 3.92. The zero-order valence-electron chi connectivity index (χ0n) is 16.7. The molecule has 0 aliphatic carbocycles. The molecule has 3 aromatic carbocycles. The van der Waals surface area contributed by atoms with Crippen LogP contribution in [0.2, 0.25) is 0 Å². The summed E-state index contributed by atoms with van der Waals surface area (Å²) in [6.07, 6.45) is 4.46. The van der Waals surface area contributed by atoms with Crippen molar-refractivity contribution in [2.24, 2.45) is 0 Å². The molecule has 4 rings (SSSR count). The first-order chi connectivity index (χ1) is 13.8. The van der Waals surface area contributed by atoms with Crippen LogP contribution in [0.4, 0.5) is 0 Å². The summed E-state index contributed by atoms with van der Waals surface area (Å²) in [5.41, 5.74) is 9.41. The molecule has 1 heteroatoms. The Kier molecular flexibility index (Phi) is 5.43. The van der Waals surface area contributed by atoms with Crippen LogP contribution in [0.1, 0.15) is 23.6 Å². The molecule has 0 unspecified atom stereocenters. The summed E-state index contributed by atoms with van der Waals surface area (Å²) in [6.45, 7) is 5.34. The van der Waals surface area contributed by atoms with Crippen LogP contribution < -0.4 is 0 Å². The molecule has 1 heterocycles. The molecule has 0 saturated heterocycles. The molecule has 0 aliphatic rings. The lowest BCUT2D eigenvalue weighted by molar-refractivity contribution is 0.772. The monoisotopic (exact) mass is 365 g/mol. The van der Waals surface area contributed by atoms with Gasteiger partial charge in [0.1, 0.15) is 0 Å². The average molecular weight is 366 g/mol. The van der Waals surface area contributed by atoms with Gasteiger partial charge in [0.05, 0.1) is 5.69 Å². The minimum atomic E-state index is 0.967. The Bertz CT molecular complexity index is 1030. The third-order valence-electron chi connectivity index (χ3n) is 5.41. The third kappa shape index (κ3) is 3.80. The van der Waals surface area contributed by atoms with Gasteiger partial charge in [-0.05, 0) is 48.9 Å². The van der Waals surface area contributed by atoms with Gasteiger partial charge >= 0.3 is 0 Å². The summed E-state index contributed by atoms with van der Waals surface area (Å²) in [4.78, 5) is 0. The van der Waals surface area contributed by atoms with E-state index in [1.807, 2.05) is 0 Å². The van der Waals surface area contributed by atoms with Crippen LogP contribution in [0, 0.1) is 6.92 Å². The number of nitrogens with zero attached hydrogens (tertiary/aromatic N) is 1. The van der Waals surface area contributed by atoms with Crippen LogP contribution in [-0.2, 0) is 19.4 Å². The first-order valence-electron chi connectivity index (χ1n) is 10.1. The number of hydrogen-bond donors (Lipinski definition) is 0. The van der Waals surface area contributed by atoms with Crippen LogP contribution in [0.25, 0.3) is 22.4 Å². The first kappa shape index (κ1) is 18.3. The molecule has 0 aliphatic heterocycles. The minimum absolute atomic E-state index is 0.967. The predicted molar refractivity (Wildman–Crippen MR) is 120 cm³/mol. The van der Waals surface area contributed by atoms with Crippen molar-refractivity contribution in [3.63, 3.8) is 0 Å². The average Bonchev–Trinajstić information content (AvgIpc) is 3.13. The van der Waals surface area contributed by atoms with Gasteiger partial charge in [0.15, 0.2) is 0 Å². The molecular weight excluding hydrogens is 338 g/mol. The first-order valence-corrected chi connectivity index (χ1v) is 10.1. The van der Waals surface area contributed by atoms with Crippen LogP contribution in [-0.4, -0.2) is 4.57 Å². The van der Waals surface area contributed by atoms with Gasteiger partial charge in [-0.25, -0.2) is 0 Å². The third-order valence-corrected chi connectivity index (χ3v) is 5.41. The summed E-state index contributed by atoms with van der Waals surface area (Å²) >= 11 is 0. The van der Waals surface area contributed by atoms with E-state index >= 15 is 0 Å². The zero-order valence-corrected chi connectivity index (χ0v) is 16.7. The Morgan fingerprint density at radius 1 is 0.679 bits per heavy atom. The van der Waals surface area contributed by atoms with Gasteiger partial charge in [0.25, 0.3) is 0 Å². The van der Waals surface area contributed by atoms with E-state index in [0.717, 1.165) is 19.4 Å². The Morgan fingerprint density at radius 3 is 1.96 bits per heavy atom. The molecule has 0 bridgehead atoms. The highest BCUT2D eigenvalue weighted by Gasteiger charge is 2.18. The molecule has 1 nitrogen and oxygen atoms in total. The zero-order chi connectivity index (χ0) is 19.3. The standard InChI is InChI=1S/C27H27N/c1-3-28-20-25(19-16-22-10-6-4-7-11-22)26(23-12-8-5-9-13-23)27(28)24-17-14-21(2)15-18-24/h4-15,17-18,20H,3,16,19H2,1-2H3. The van der Waals surface area contributed by atoms with Crippen molar-refractivity contribution < 1.29 is 0 Å². The van der Waals surface area contributed by atoms with E-state index in [1.54, 1.807) is 0 Å². The van der Waals surface area contributed by atoms with E-state index in [2.05, 4.69) is 110 Å². The van der Waals surface area contributed by atoms with Crippen LogP contribution >= 0.6 is 0 Å². The smallest absolute Gasteiger partial charge is 0.0562 e. The Balaban J connectivity index is 1.82. The fourth-order valence-corrected chi connectivity index (χ4v) is 3.92.